The van der Waals surface area contributed by atoms with E-state index >= 15 is 0 Å². The van der Waals surface area contributed by atoms with Crippen molar-refractivity contribution < 1.29 is 14.2 Å². The third-order valence-electron chi connectivity index (χ3n) is 5.80. The normalized spacial score (nSPS) is 11.4. The quantitative estimate of drug-likeness (QED) is 0.227. The predicted molar refractivity (Wildman–Crippen MR) is 138 cm³/mol. The Morgan fingerprint density at radius 1 is 1.05 bits per heavy atom. The van der Waals surface area contributed by atoms with Crippen LogP contribution in [-0.4, -0.2) is 57.6 Å². The molecule has 0 unspecified atom stereocenters. The third-order valence-corrected chi connectivity index (χ3v) is 6.65. The summed E-state index contributed by atoms with van der Waals surface area (Å²) in [5.74, 6) is -0.316. The molecule has 6 aromatic rings. The summed E-state index contributed by atoms with van der Waals surface area (Å²) in [5.41, 5.74) is 9.82. The van der Waals surface area contributed by atoms with Crippen LogP contribution < -0.4 is 5.73 Å². The van der Waals surface area contributed by atoms with Crippen LogP contribution >= 0.6 is 11.8 Å². The third kappa shape index (κ3) is 4.20. The van der Waals surface area contributed by atoms with E-state index in [4.69, 9.17) is 20.1 Å². The highest BCUT2D eigenvalue weighted by atomic mass is 32.2. The summed E-state index contributed by atoms with van der Waals surface area (Å²) in [6.45, 7) is 2.51. The second-order valence-electron chi connectivity index (χ2n) is 8.13. The van der Waals surface area contributed by atoms with Crippen LogP contribution in [0.1, 0.15) is 28.7 Å². The van der Waals surface area contributed by atoms with Crippen LogP contribution in [0.3, 0.4) is 0 Å². The average molecular weight is 529 g/mol. The van der Waals surface area contributed by atoms with Gasteiger partial charge in [0.15, 0.2) is 11.3 Å². The summed E-state index contributed by atoms with van der Waals surface area (Å²) in [4.78, 5) is 17.4. The van der Waals surface area contributed by atoms with Crippen LogP contribution in [0.2, 0.25) is 0 Å². The standard InChI is InChI=1S/C24H20N10O3S/c1-2-36-23(35)19-17(34(32-28-19)22-20(25)30-37-31-22)13-38-24-26-21-18(27-29-24)15-10-6-7-11-16(15)33(21)12-14-8-4-3-5-9-14/h3-11H,2,12-13H2,1H3,(H2,25,30). The average Bonchev–Trinajstić information content (AvgIpc) is 3.64. The summed E-state index contributed by atoms with van der Waals surface area (Å²) in [5, 5.41) is 25.6. The summed E-state index contributed by atoms with van der Waals surface area (Å²) in [6.07, 6.45) is 0. The number of anilines is 1. The summed E-state index contributed by atoms with van der Waals surface area (Å²) in [7, 11) is 0. The molecule has 0 amide bonds. The second-order valence-corrected chi connectivity index (χ2v) is 9.08. The van der Waals surface area contributed by atoms with E-state index in [1.165, 1.54) is 16.4 Å². The minimum absolute atomic E-state index is 0.00123. The van der Waals surface area contributed by atoms with Gasteiger partial charge in [-0.05, 0) is 28.9 Å². The number of fused-ring (bicyclic) bond motifs is 3. The number of rotatable bonds is 8. The van der Waals surface area contributed by atoms with Gasteiger partial charge < -0.3 is 15.0 Å². The summed E-state index contributed by atoms with van der Waals surface area (Å²) in [6, 6.07) is 18.1. The van der Waals surface area contributed by atoms with Gasteiger partial charge in [-0.2, -0.15) is 4.68 Å². The molecular formula is C24H20N10O3S. The molecule has 0 aliphatic rings. The lowest BCUT2D eigenvalue weighted by atomic mass is 10.2. The molecule has 14 heteroatoms. The fourth-order valence-electron chi connectivity index (χ4n) is 4.11. The fraction of sp³-hybridized carbons (Fsp3) is 0.167. The Labute approximate surface area is 219 Å². The van der Waals surface area contributed by atoms with Gasteiger partial charge in [-0.15, -0.1) is 15.3 Å². The highest BCUT2D eigenvalue weighted by molar-refractivity contribution is 7.98. The van der Waals surface area contributed by atoms with E-state index in [0.29, 0.717) is 28.6 Å². The Bertz CT molecular complexity index is 1760. The molecule has 6 rings (SSSR count). The van der Waals surface area contributed by atoms with Crippen molar-refractivity contribution in [3.8, 4) is 5.82 Å². The highest BCUT2D eigenvalue weighted by Crippen LogP contribution is 2.29. The molecule has 0 bridgehead atoms. The molecule has 0 spiro atoms. The number of para-hydroxylation sites is 1. The number of thioether (sulfide) groups is 1. The first-order valence-corrected chi connectivity index (χ1v) is 12.6. The van der Waals surface area contributed by atoms with Crippen LogP contribution in [0.25, 0.3) is 27.9 Å². The van der Waals surface area contributed by atoms with E-state index in [9.17, 15) is 4.79 Å². The maximum Gasteiger partial charge on any atom is 0.360 e. The number of carbonyl (C=O) groups is 1. The van der Waals surface area contributed by atoms with Crippen molar-refractivity contribution in [3.63, 3.8) is 0 Å². The lowest BCUT2D eigenvalue weighted by Crippen LogP contribution is -2.11. The van der Waals surface area contributed by atoms with Gasteiger partial charge in [0.05, 0.1) is 17.8 Å². The first-order valence-electron chi connectivity index (χ1n) is 11.6. The van der Waals surface area contributed by atoms with E-state index in [-0.39, 0.29) is 29.7 Å². The maximum atomic E-state index is 12.6. The van der Waals surface area contributed by atoms with Gasteiger partial charge in [-0.1, -0.05) is 65.5 Å². The van der Waals surface area contributed by atoms with Crippen LogP contribution in [-0.2, 0) is 17.0 Å². The smallest absolute Gasteiger partial charge is 0.360 e. The van der Waals surface area contributed by atoms with Gasteiger partial charge in [0.1, 0.15) is 5.52 Å². The molecule has 190 valence electrons. The Morgan fingerprint density at radius 3 is 2.66 bits per heavy atom. The van der Waals surface area contributed by atoms with Gasteiger partial charge in [-0.25, -0.2) is 14.4 Å². The van der Waals surface area contributed by atoms with Crippen molar-refractivity contribution in [2.24, 2.45) is 0 Å². The SMILES string of the molecule is CCOC(=O)c1nnn(-c2nonc2N)c1CSc1nnc2c3ccccc3n(Cc3ccccc3)c2n1. The molecule has 2 N–H and O–H groups in total. The number of hydrogen-bond acceptors (Lipinski definition) is 12. The molecule has 0 atom stereocenters. The molecule has 0 saturated carbocycles. The van der Waals surface area contributed by atoms with Crippen LogP contribution in [0.4, 0.5) is 5.82 Å². The molecule has 4 heterocycles. The van der Waals surface area contributed by atoms with E-state index < -0.39 is 5.97 Å². The van der Waals surface area contributed by atoms with Crippen molar-refractivity contribution in [2.45, 2.75) is 24.4 Å². The lowest BCUT2D eigenvalue weighted by Gasteiger charge is -2.08. The molecule has 0 radical (unpaired) electrons. The number of carbonyl (C=O) groups excluding carboxylic acids is 1. The number of nitrogens with zero attached hydrogens (tertiary/aromatic N) is 9. The van der Waals surface area contributed by atoms with Gasteiger partial charge >= 0.3 is 5.97 Å². The minimum Gasteiger partial charge on any atom is -0.461 e. The van der Waals surface area contributed by atoms with Gasteiger partial charge in [0.2, 0.25) is 16.8 Å². The minimum atomic E-state index is -0.623. The van der Waals surface area contributed by atoms with Crippen molar-refractivity contribution in [1.29, 1.82) is 0 Å². The Morgan fingerprint density at radius 2 is 1.87 bits per heavy atom. The van der Waals surface area contributed by atoms with E-state index in [1.54, 1.807) is 6.92 Å². The van der Waals surface area contributed by atoms with E-state index in [1.807, 2.05) is 42.5 Å². The van der Waals surface area contributed by atoms with Crippen molar-refractivity contribution in [2.75, 3.05) is 12.3 Å². The van der Waals surface area contributed by atoms with Crippen LogP contribution in [0.15, 0.2) is 64.4 Å². The molecule has 0 aliphatic carbocycles. The number of aromatic nitrogens is 9. The first-order chi connectivity index (χ1) is 18.6. The molecule has 13 nitrogen and oxygen atoms in total. The van der Waals surface area contributed by atoms with E-state index in [2.05, 4.69) is 47.5 Å². The van der Waals surface area contributed by atoms with Crippen LogP contribution in [0.5, 0.6) is 0 Å². The molecular weight excluding hydrogens is 508 g/mol. The van der Waals surface area contributed by atoms with Crippen LogP contribution in [0, 0.1) is 0 Å². The molecule has 4 aromatic heterocycles. The molecule has 0 fully saturated rings. The van der Waals surface area contributed by atoms with Gasteiger partial charge in [-0.3, -0.25) is 0 Å². The van der Waals surface area contributed by atoms with Crippen molar-refractivity contribution in [1.82, 2.24) is 45.1 Å². The fourth-order valence-corrected chi connectivity index (χ4v) is 4.88. The Kier molecular flexibility index (Phi) is 6.13. The zero-order valence-electron chi connectivity index (χ0n) is 20.1. The topological polar surface area (TPSA) is 166 Å². The number of nitrogen functional groups attached to an aromatic ring is 1. The summed E-state index contributed by atoms with van der Waals surface area (Å²) >= 11 is 1.26. The lowest BCUT2D eigenvalue weighted by molar-refractivity contribution is 0.0518. The Balaban J connectivity index is 1.38. The molecule has 0 aliphatic heterocycles. The maximum absolute atomic E-state index is 12.6. The largest absolute Gasteiger partial charge is 0.461 e. The number of esters is 1. The molecule has 2 aromatic carbocycles. The Hall–Kier alpha value is -4.85. The van der Waals surface area contributed by atoms with Gasteiger partial charge in [0.25, 0.3) is 0 Å². The summed E-state index contributed by atoms with van der Waals surface area (Å²) < 4.78 is 13.3. The highest BCUT2D eigenvalue weighted by Gasteiger charge is 2.25. The van der Waals surface area contributed by atoms with E-state index in [0.717, 1.165) is 16.5 Å². The zero-order chi connectivity index (χ0) is 26.1. The number of ether oxygens (including phenoxy) is 1. The number of benzene rings is 2. The first kappa shape index (κ1) is 23.5. The molecule has 38 heavy (non-hydrogen) atoms. The predicted octanol–water partition coefficient (Wildman–Crippen LogP) is 3.04. The number of nitrogens with two attached hydrogens (primary N) is 1. The molecule has 0 saturated heterocycles. The number of hydrogen-bond donors (Lipinski definition) is 1. The van der Waals surface area contributed by atoms with Gasteiger partial charge in [0, 0.05) is 17.7 Å². The monoisotopic (exact) mass is 528 g/mol. The van der Waals surface area contributed by atoms with Crippen molar-refractivity contribution >= 4 is 45.6 Å². The zero-order valence-corrected chi connectivity index (χ0v) is 20.9. The second kappa shape index (κ2) is 9.89. The van der Waals surface area contributed by atoms with Crippen molar-refractivity contribution in [3.05, 3.63) is 71.5 Å².